The molecule has 3 rings (SSSR count). The highest BCUT2D eigenvalue weighted by Gasteiger charge is 2.28. The van der Waals surface area contributed by atoms with Crippen LogP contribution in [-0.4, -0.2) is 34.0 Å². The summed E-state index contributed by atoms with van der Waals surface area (Å²) in [6, 6.07) is 11.7. The summed E-state index contributed by atoms with van der Waals surface area (Å²) in [5.41, 5.74) is 2.42. The van der Waals surface area contributed by atoms with Crippen molar-refractivity contribution < 1.29 is 0 Å². The molecule has 1 N–H and O–H groups in total. The highest BCUT2D eigenvalue weighted by molar-refractivity contribution is 5.15. The second-order valence-electron chi connectivity index (χ2n) is 6.63. The summed E-state index contributed by atoms with van der Waals surface area (Å²) in [6.45, 7) is 7.75. The number of likely N-dealkylation sites (tertiary alicyclic amines) is 1. The number of rotatable bonds is 6. The van der Waals surface area contributed by atoms with Crippen LogP contribution in [0.3, 0.4) is 0 Å². The second kappa shape index (κ2) is 7.66. The molecule has 1 aromatic carbocycles. The number of hydrogen-bond acceptors (Lipinski definition) is 4. The van der Waals surface area contributed by atoms with Crippen LogP contribution in [0.5, 0.6) is 0 Å². The second-order valence-corrected chi connectivity index (χ2v) is 6.63. The Labute approximate surface area is 139 Å². The molecule has 1 aromatic heterocycles. The van der Waals surface area contributed by atoms with Gasteiger partial charge in [0.25, 0.3) is 0 Å². The fourth-order valence-electron chi connectivity index (χ4n) is 3.39. The quantitative estimate of drug-likeness (QED) is 0.890. The van der Waals surface area contributed by atoms with E-state index in [0.717, 1.165) is 25.3 Å². The minimum absolute atomic E-state index is 0.252. The molecular weight excluding hydrogens is 284 g/mol. The van der Waals surface area contributed by atoms with Crippen molar-refractivity contribution in [3.63, 3.8) is 0 Å². The summed E-state index contributed by atoms with van der Waals surface area (Å²) in [5.74, 6) is 0.702. The zero-order valence-electron chi connectivity index (χ0n) is 14.0. The Kier molecular flexibility index (Phi) is 5.36. The molecule has 0 radical (unpaired) electrons. The molecule has 0 aliphatic carbocycles. The molecule has 4 nitrogen and oxygen atoms in total. The van der Waals surface area contributed by atoms with E-state index >= 15 is 0 Å². The van der Waals surface area contributed by atoms with E-state index in [1.807, 2.05) is 6.20 Å². The topological polar surface area (TPSA) is 41.0 Å². The van der Waals surface area contributed by atoms with Gasteiger partial charge in [-0.25, -0.2) is 0 Å². The first-order valence-corrected chi connectivity index (χ1v) is 8.49. The Hall–Kier alpha value is -1.78. The van der Waals surface area contributed by atoms with E-state index in [1.165, 1.54) is 12.0 Å². The first kappa shape index (κ1) is 16.1. The van der Waals surface area contributed by atoms with E-state index in [0.29, 0.717) is 12.0 Å². The first-order valence-electron chi connectivity index (χ1n) is 8.49. The van der Waals surface area contributed by atoms with Crippen LogP contribution >= 0.6 is 0 Å². The van der Waals surface area contributed by atoms with E-state index in [1.54, 1.807) is 12.4 Å². The van der Waals surface area contributed by atoms with Crippen molar-refractivity contribution in [3.05, 3.63) is 60.2 Å². The molecule has 1 aliphatic heterocycles. The predicted molar refractivity (Wildman–Crippen MR) is 92.9 cm³/mol. The van der Waals surface area contributed by atoms with E-state index in [2.05, 4.69) is 64.4 Å². The first-order chi connectivity index (χ1) is 11.2. The largest absolute Gasteiger partial charge is 0.308 e. The van der Waals surface area contributed by atoms with Crippen LogP contribution in [0.1, 0.15) is 37.6 Å². The van der Waals surface area contributed by atoms with E-state index in [9.17, 15) is 0 Å². The fraction of sp³-hybridized carbons (Fsp3) is 0.474. The van der Waals surface area contributed by atoms with E-state index in [-0.39, 0.29) is 6.04 Å². The van der Waals surface area contributed by atoms with Gasteiger partial charge in [0, 0.05) is 43.8 Å². The zero-order valence-corrected chi connectivity index (χ0v) is 14.0. The van der Waals surface area contributed by atoms with Crippen LogP contribution in [0.4, 0.5) is 0 Å². The summed E-state index contributed by atoms with van der Waals surface area (Å²) in [5, 5.41) is 3.62. The molecule has 2 heterocycles. The van der Waals surface area contributed by atoms with Gasteiger partial charge in [-0.3, -0.25) is 14.9 Å². The van der Waals surface area contributed by atoms with Gasteiger partial charge in [-0.05, 0) is 38.3 Å². The Morgan fingerprint density at radius 1 is 1.26 bits per heavy atom. The zero-order chi connectivity index (χ0) is 16.1. The van der Waals surface area contributed by atoms with Gasteiger partial charge in [-0.1, -0.05) is 30.3 Å². The van der Waals surface area contributed by atoms with Gasteiger partial charge >= 0.3 is 0 Å². The van der Waals surface area contributed by atoms with Crippen LogP contribution in [0.15, 0.2) is 48.9 Å². The van der Waals surface area contributed by atoms with Crippen molar-refractivity contribution in [2.75, 3.05) is 13.1 Å². The molecule has 0 spiro atoms. The van der Waals surface area contributed by atoms with Gasteiger partial charge in [-0.2, -0.15) is 0 Å². The monoisotopic (exact) mass is 310 g/mol. The lowest BCUT2D eigenvalue weighted by Gasteiger charge is -2.21. The maximum absolute atomic E-state index is 4.37. The predicted octanol–water partition coefficient (Wildman–Crippen LogP) is 3.04. The lowest BCUT2D eigenvalue weighted by Crippen LogP contribution is -2.29. The van der Waals surface area contributed by atoms with Crippen LogP contribution in [0.25, 0.3) is 0 Å². The van der Waals surface area contributed by atoms with Crippen LogP contribution in [0, 0.1) is 5.92 Å². The summed E-state index contributed by atoms with van der Waals surface area (Å²) < 4.78 is 0. The van der Waals surface area contributed by atoms with Gasteiger partial charge in [0.2, 0.25) is 0 Å². The lowest BCUT2D eigenvalue weighted by molar-refractivity contribution is 0.254. The summed E-state index contributed by atoms with van der Waals surface area (Å²) in [6.07, 6.45) is 6.58. The fourth-order valence-corrected chi connectivity index (χ4v) is 3.39. The molecule has 0 amide bonds. The van der Waals surface area contributed by atoms with E-state index in [4.69, 9.17) is 0 Å². The molecular formula is C19H26N4. The molecule has 1 saturated heterocycles. The Morgan fingerprint density at radius 2 is 2.09 bits per heavy atom. The summed E-state index contributed by atoms with van der Waals surface area (Å²) >= 11 is 0. The molecule has 4 heteroatoms. The van der Waals surface area contributed by atoms with Gasteiger partial charge in [-0.15, -0.1) is 0 Å². The maximum atomic E-state index is 4.37. The smallest absolute Gasteiger partial charge is 0.0753 e. The molecule has 0 saturated carbocycles. The third kappa shape index (κ3) is 4.36. The normalized spacial score (nSPS) is 23.0. The average Bonchev–Trinajstić information content (AvgIpc) is 2.94. The van der Waals surface area contributed by atoms with Gasteiger partial charge in [0.15, 0.2) is 0 Å². The molecule has 1 aliphatic rings. The van der Waals surface area contributed by atoms with Crippen LogP contribution in [-0.2, 0) is 6.54 Å². The van der Waals surface area contributed by atoms with Crippen LogP contribution in [0.2, 0.25) is 0 Å². The highest BCUT2D eigenvalue weighted by atomic mass is 15.2. The van der Waals surface area contributed by atoms with Gasteiger partial charge in [0.05, 0.1) is 5.69 Å². The molecule has 0 bridgehead atoms. The molecule has 1 fully saturated rings. The maximum Gasteiger partial charge on any atom is 0.0753 e. The van der Waals surface area contributed by atoms with Gasteiger partial charge < -0.3 is 5.32 Å². The number of nitrogens with one attached hydrogen (secondary N) is 1. The number of nitrogens with zero attached hydrogens (tertiary/aromatic N) is 3. The molecule has 122 valence electrons. The number of aromatic nitrogens is 2. The number of benzene rings is 1. The minimum atomic E-state index is 0.252. The average molecular weight is 310 g/mol. The third-order valence-electron chi connectivity index (χ3n) is 4.76. The van der Waals surface area contributed by atoms with E-state index < -0.39 is 0 Å². The summed E-state index contributed by atoms with van der Waals surface area (Å²) in [4.78, 5) is 11.1. The third-order valence-corrected chi connectivity index (χ3v) is 4.76. The van der Waals surface area contributed by atoms with Crippen molar-refractivity contribution in [3.8, 4) is 0 Å². The summed E-state index contributed by atoms with van der Waals surface area (Å²) in [7, 11) is 0. The van der Waals surface area contributed by atoms with Crippen molar-refractivity contribution in [1.29, 1.82) is 0 Å². The van der Waals surface area contributed by atoms with Crippen molar-refractivity contribution >= 4 is 0 Å². The molecule has 3 atom stereocenters. The Bertz CT molecular complexity index is 587. The lowest BCUT2D eigenvalue weighted by atomic mass is 10.1. The van der Waals surface area contributed by atoms with Crippen molar-refractivity contribution in [2.24, 2.45) is 5.92 Å². The van der Waals surface area contributed by atoms with Crippen molar-refractivity contribution in [1.82, 2.24) is 20.2 Å². The Balaban J connectivity index is 1.49. The Morgan fingerprint density at radius 3 is 2.83 bits per heavy atom. The molecule has 23 heavy (non-hydrogen) atoms. The van der Waals surface area contributed by atoms with Crippen molar-refractivity contribution in [2.45, 2.75) is 38.9 Å². The minimum Gasteiger partial charge on any atom is -0.308 e. The number of hydrogen-bond donors (Lipinski definition) is 1. The van der Waals surface area contributed by atoms with Crippen LogP contribution < -0.4 is 5.32 Å². The van der Waals surface area contributed by atoms with Gasteiger partial charge in [0.1, 0.15) is 0 Å². The molecule has 2 aromatic rings. The standard InChI is InChI=1S/C19H26N4/c1-15-10-18(11-22-16(2)19-12-20-8-9-21-19)14-23(15)13-17-6-4-3-5-7-17/h3-9,12,15-16,18,22H,10-11,13-14H2,1-2H3/t15-,16-,18+/m0/s1. The SMILES string of the molecule is C[C@H](NC[C@H]1C[C@H](C)N(Cc2ccccc2)C1)c1cnccn1. The molecule has 0 unspecified atom stereocenters. The highest BCUT2D eigenvalue weighted by Crippen LogP contribution is 2.25.